The molecule has 0 saturated carbocycles. The number of nitrogens with one attached hydrogen (secondary N) is 1. The minimum atomic E-state index is -0.862. The molecule has 1 unspecified atom stereocenters. The van der Waals surface area contributed by atoms with Gasteiger partial charge in [-0.1, -0.05) is 135 Å². The lowest BCUT2D eigenvalue weighted by Gasteiger charge is -2.23. The first-order valence-corrected chi connectivity index (χ1v) is 43.8. The van der Waals surface area contributed by atoms with Crippen LogP contribution in [-0.4, -0.2) is 198 Å². The molecule has 0 radical (unpaired) electrons. The molecule has 0 aromatic carbocycles. The van der Waals surface area contributed by atoms with Crippen LogP contribution in [0.4, 0.5) is 0 Å². The van der Waals surface area contributed by atoms with Gasteiger partial charge < -0.3 is 71.6 Å². The summed E-state index contributed by atoms with van der Waals surface area (Å²) in [6, 6.07) is 0. The van der Waals surface area contributed by atoms with Crippen molar-refractivity contribution in [3.8, 4) is 0 Å². The van der Waals surface area contributed by atoms with Crippen LogP contribution in [0.5, 0.6) is 0 Å². The third-order valence-corrected chi connectivity index (χ3v) is 20.7. The van der Waals surface area contributed by atoms with E-state index in [1.54, 1.807) is 52.8 Å². The molecule has 1 atom stereocenters. The van der Waals surface area contributed by atoms with E-state index < -0.39 is 40.3 Å². The van der Waals surface area contributed by atoms with Gasteiger partial charge in [-0.05, 0) is 215 Å². The van der Waals surface area contributed by atoms with E-state index in [2.05, 4.69) is 61.9 Å². The fourth-order valence-electron chi connectivity index (χ4n) is 6.48. The summed E-state index contributed by atoms with van der Waals surface area (Å²) in [4.78, 5) is 146. The van der Waals surface area contributed by atoms with Gasteiger partial charge in [0.25, 0.3) is 0 Å². The Kier molecular flexibility index (Phi) is 82.1. The number of rotatable bonds is 47. The second-order valence-electron chi connectivity index (χ2n) is 36.1. The maximum absolute atomic E-state index is 12.0. The van der Waals surface area contributed by atoms with Crippen molar-refractivity contribution in [3.05, 3.63) is 62.3 Å². The first-order valence-electron chi connectivity index (χ1n) is 43.8. The Hall–Kier alpha value is -8.11. The van der Waals surface area contributed by atoms with Crippen LogP contribution >= 0.6 is 0 Å². The Balaban J connectivity index is -0.000000151. The molecule has 740 valence electrons. The number of allylic oxidation sites excluding steroid dienone is 1. The number of ketones is 1. The molecule has 1 N–H and O–H groups in total. The highest BCUT2D eigenvalue weighted by Gasteiger charge is 2.34. The number of hydrogen-bond donors (Lipinski definition) is 1. The lowest BCUT2D eigenvalue weighted by molar-refractivity contribution is -0.169. The van der Waals surface area contributed by atoms with E-state index in [0.717, 1.165) is 57.8 Å². The average molecular weight is 1810 g/mol. The highest BCUT2D eigenvalue weighted by molar-refractivity contribution is 5.94. The van der Waals surface area contributed by atoms with Crippen molar-refractivity contribution in [2.24, 2.45) is 60.1 Å². The molecule has 0 saturated heterocycles. The monoisotopic (exact) mass is 1800 g/mol. The fraction of sp³-hybridized carbons (Fsp3) is 0.765. The zero-order valence-corrected chi connectivity index (χ0v) is 86.4. The van der Waals surface area contributed by atoms with Gasteiger partial charge in [0, 0.05) is 24.0 Å². The molecule has 0 fully saturated rings. The standard InChI is InChI=1S/C17H28O6.C13H23NO2.C13H24O4.C11H20O3.C9H16O2.5C7H14O2/c1-8-17(6,7)16(20)22-10-13(23-15(19)12(4)5)9-21-14(18)11(2)3;1-6-13(4,5)12(16)14-9-7-8-11(15)10(2)3;1-5-7-15-8-9-16-10-11-17-12(14)13(3,4)6-2;1-5-7-13-8-9-14-10(12)11(3,4)6-2;1-5-7-11-8(10)9(3,4)6-2;5*1-5-7(2,3)6(8)9-4/h11,13H,4,8-10H2,1-3,5-7H3;2,6-9H2,1,3-5H3,(H,14,16);5H,1,6-11H2,2-4H3;5H,1,6-9H2,2-4H3;5H,1,6-7H2,2-4H3;5*5H2,1-4H3. The summed E-state index contributed by atoms with van der Waals surface area (Å²) in [6.07, 6.45) is 13.1. The lowest BCUT2D eigenvalue weighted by Crippen LogP contribution is -2.37. The van der Waals surface area contributed by atoms with Crippen molar-refractivity contribution in [3.63, 3.8) is 0 Å². The quantitative estimate of drug-likeness (QED) is 0.0194. The van der Waals surface area contributed by atoms with Gasteiger partial charge in [-0.3, -0.25) is 57.5 Å². The Morgan fingerprint density at radius 1 is 0.317 bits per heavy atom. The Labute approximate surface area is 763 Å². The summed E-state index contributed by atoms with van der Waals surface area (Å²) in [7, 11) is 7.08. The van der Waals surface area contributed by atoms with E-state index in [9.17, 15) is 62.3 Å². The molecule has 0 aliphatic carbocycles. The number of esters is 11. The molecule has 126 heavy (non-hydrogen) atoms. The second-order valence-corrected chi connectivity index (χ2v) is 36.1. The summed E-state index contributed by atoms with van der Waals surface area (Å²) in [5, 5.41) is 2.85. The van der Waals surface area contributed by atoms with Crippen LogP contribution in [0.3, 0.4) is 0 Å². The molecular weight excluding hydrogens is 1620 g/mol. The third kappa shape index (κ3) is 71.9. The number of hydrogen-bond acceptors (Lipinski definition) is 27. The van der Waals surface area contributed by atoms with E-state index in [0.29, 0.717) is 90.8 Å². The lowest BCUT2D eigenvalue weighted by atomic mass is 9.89. The second kappa shape index (κ2) is 74.8. The smallest absolute Gasteiger partial charge is 0.333 e. The van der Waals surface area contributed by atoms with Crippen molar-refractivity contribution in [2.75, 3.05) is 115 Å². The van der Waals surface area contributed by atoms with Crippen LogP contribution in [0.25, 0.3) is 0 Å². The number of Topliss-reactive ketones (excluding diaryl/α,β-unsaturated/α-hetero) is 1. The van der Waals surface area contributed by atoms with Gasteiger partial charge in [-0.2, -0.15) is 0 Å². The maximum Gasteiger partial charge on any atom is 0.333 e. The predicted octanol–water partition coefficient (Wildman–Crippen LogP) is 19.6. The van der Waals surface area contributed by atoms with Crippen LogP contribution in [0, 0.1) is 60.1 Å². The molecule has 0 bridgehead atoms. The Bertz CT molecular complexity index is 2960. The SMILES string of the molecule is C=C(C)C(=O)CCCNC(=O)C(C)(C)CC.C=C(C)C(=O)OC(COC(=O)C(C)C)COC(=O)C(C)(C)CC.C=CCOC(=O)C(C)(C)CC.C=CCOCCOC(=O)C(C)(C)CC.C=CCOCCOCCOC(=O)C(C)(C)CC.CCC(C)(C)C(=O)OC.CCC(C)(C)C(=O)OC.CCC(C)(C)C(=O)OC.CCC(C)(C)C(=O)OC.CCC(C)(C)C(=O)OC. The molecule has 0 spiro atoms. The summed E-state index contributed by atoms with van der Waals surface area (Å²) in [6.45, 7) is 85.2. The van der Waals surface area contributed by atoms with Crippen molar-refractivity contribution in [2.45, 2.75) is 319 Å². The zero-order valence-electron chi connectivity index (χ0n) is 86.4. The fourth-order valence-corrected chi connectivity index (χ4v) is 6.48. The number of methoxy groups -OCH3 is 5. The predicted molar refractivity (Wildman–Crippen MR) is 500 cm³/mol. The van der Waals surface area contributed by atoms with Crippen molar-refractivity contribution >= 4 is 77.4 Å². The van der Waals surface area contributed by atoms with Gasteiger partial charge in [-0.25, -0.2) is 4.79 Å². The first-order chi connectivity index (χ1) is 57.7. The molecule has 0 aromatic heterocycles. The van der Waals surface area contributed by atoms with Gasteiger partial charge in [0.2, 0.25) is 5.91 Å². The van der Waals surface area contributed by atoms with Crippen LogP contribution in [-0.2, 0) is 129 Å². The first kappa shape index (κ1) is 138. The van der Waals surface area contributed by atoms with Crippen LogP contribution in [0.15, 0.2) is 62.3 Å². The van der Waals surface area contributed by atoms with Crippen molar-refractivity contribution < 1.29 is 129 Å². The Morgan fingerprint density at radius 3 is 0.810 bits per heavy atom. The minimum absolute atomic E-state index is 0.0535. The molecule has 0 aromatic rings. The van der Waals surface area contributed by atoms with E-state index in [1.165, 1.54) is 42.5 Å². The third-order valence-electron chi connectivity index (χ3n) is 20.7. The molecule has 0 rings (SSSR count). The number of amides is 1. The van der Waals surface area contributed by atoms with E-state index in [4.69, 9.17) is 42.6 Å². The summed E-state index contributed by atoms with van der Waals surface area (Å²) >= 11 is 0. The van der Waals surface area contributed by atoms with Crippen LogP contribution in [0.2, 0.25) is 0 Å². The molecular formula is C98H181NO27. The number of ether oxygens (including phenoxy) is 14. The van der Waals surface area contributed by atoms with E-state index in [-0.39, 0.29) is 122 Å². The molecule has 1 amide bonds. The highest BCUT2D eigenvalue weighted by atomic mass is 16.6. The van der Waals surface area contributed by atoms with Crippen LogP contribution < -0.4 is 5.32 Å². The van der Waals surface area contributed by atoms with E-state index >= 15 is 0 Å². The molecule has 0 aliphatic rings. The average Bonchev–Trinajstić information content (AvgIpc) is 0.886. The molecule has 0 aliphatic heterocycles. The number of carbonyl (C=O) groups excluding carboxylic acids is 13. The Morgan fingerprint density at radius 2 is 0.563 bits per heavy atom. The molecule has 28 nitrogen and oxygen atoms in total. The van der Waals surface area contributed by atoms with E-state index in [1.807, 2.05) is 194 Å². The normalized spacial score (nSPS) is 11.3. The van der Waals surface area contributed by atoms with Crippen molar-refractivity contribution in [1.29, 1.82) is 0 Å². The van der Waals surface area contributed by atoms with Crippen molar-refractivity contribution in [1.82, 2.24) is 5.32 Å². The zero-order chi connectivity index (χ0) is 102. The van der Waals surface area contributed by atoms with Gasteiger partial charge in [0.15, 0.2) is 11.9 Å². The highest BCUT2D eigenvalue weighted by Crippen LogP contribution is 2.28. The maximum atomic E-state index is 12.0. The summed E-state index contributed by atoms with van der Waals surface area (Å²) < 4.78 is 68.7. The van der Waals surface area contributed by atoms with Gasteiger partial charge in [0.05, 0.1) is 130 Å². The minimum Gasteiger partial charge on any atom is -0.469 e. The topological polar surface area (TPSA) is 363 Å². The summed E-state index contributed by atoms with van der Waals surface area (Å²) in [5.41, 5.74) is -2.86. The number of carbonyl (C=O) groups is 13. The van der Waals surface area contributed by atoms with Gasteiger partial charge >= 0.3 is 65.7 Å². The van der Waals surface area contributed by atoms with Gasteiger partial charge in [0.1, 0.15) is 33.0 Å². The van der Waals surface area contributed by atoms with Crippen LogP contribution in [0.1, 0.15) is 312 Å². The summed E-state index contributed by atoms with van der Waals surface area (Å²) in [5.74, 6) is -2.77. The molecule has 28 heteroatoms. The largest absolute Gasteiger partial charge is 0.469 e. The molecule has 0 heterocycles. The van der Waals surface area contributed by atoms with Gasteiger partial charge in [-0.15, -0.1) is 13.2 Å².